The van der Waals surface area contributed by atoms with Gasteiger partial charge in [-0.1, -0.05) is 19.9 Å². The van der Waals surface area contributed by atoms with E-state index in [1.807, 2.05) is 18.7 Å². The number of piperazine rings is 1. The maximum atomic E-state index is 13.2. The first-order valence-corrected chi connectivity index (χ1v) is 12.5. The summed E-state index contributed by atoms with van der Waals surface area (Å²) < 4.78 is 45.8. The minimum atomic E-state index is -3.82. The molecule has 1 aliphatic rings. The van der Waals surface area contributed by atoms with E-state index in [1.165, 1.54) is 47.8 Å². The molecular weight excluding hydrogens is 461 g/mol. The van der Waals surface area contributed by atoms with Crippen LogP contribution < -0.4 is 10.2 Å². The topological polar surface area (TPSA) is 96.0 Å². The lowest BCUT2D eigenvalue weighted by Gasteiger charge is -2.35. The number of hydrogen-bond acceptors (Lipinski definition) is 6. The Morgan fingerprint density at radius 2 is 1.71 bits per heavy atom. The van der Waals surface area contributed by atoms with E-state index in [4.69, 9.17) is 4.74 Å². The third-order valence-corrected chi connectivity index (χ3v) is 7.56. The molecule has 34 heavy (non-hydrogen) atoms. The van der Waals surface area contributed by atoms with Gasteiger partial charge < -0.3 is 15.0 Å². The molecule has 1 amide bonds. The van der Waals surface area contributed by atoms with Gasteiger partial charge in [0.05, 0.1) is 12.0 Å². The van der Waals surface area contributed by atoms with Gasteiger partial charge in [-0.25, -0.2) is 17.6 Å². The Kier molecular flexibility index (Phi) is 8.27. The number of carbonyl (C=O) groups excluding carboxylic acids is 2. The van der Waals surface area contributed by atoms with Crippen molar-refractivity contribution < 1.29 is 27.1 Å². The zero-order valence-electron chi connectivity index (χ0n) is 19.5. The molecule has 0 saturated carbocycles. The van der Waals surface area contributed by atoms with E-state index in [0.29, 0.717) is 19.5 Å². The third kappa shape index (κ3) is 6.12. The number of amides is 1. The minimum absolute atomic E-state index is 0.00820. The van der Waals surface area contributed by atoms with Crippen LogP contribution >= 0.6 is 0 Å². The predicted molar refractivity (Wildman–Crippen MR) is 127 cm³/mol. The Labute approximate surface area is 199 Å². The average molecular weight is 492 g/mol. The molecule has 0 aromatic heterocycles. The highest BCUT2D eigenvalue weighted by Gasteiger charge is 2.30. The van der Waals surface area contributed by atoms with Crippen LogP contribution in [0.1, 0.15) is 30.6 Å². The number of ether oxygens (including phenoxy) is 1. The van der Waals surface area contributed by atoms with Crippen LogP contribution in [0, 0.1) is 11.7 Å². The Morgan fingerprint density at radius 1 is 1.06 bits per heavy atom. The van der Waals surface area contributed by atoms with Crippen LogP contribution in [0.5, 0.6) is 0 Å². The van der Waals surface area contributed by atoms with Gasteiger partial charge in [0.1, 0.15) is 11.9 Å². The number of carbonyl (C=O) groups is 2. The second kappa shape index (κ2) is 11.0. The highest BCUT2D eigenvalue weighted by atomic mass is 32.2. The fourth-order valence-corrected chi connectivity index (χ4v) is 5.32. The molecule has 0 bridgehead atoms. The van der Waals surface area contributed by atoms with Gasteiger partial charge >= 0.3 is 5.97 Å². The van der Waals surface area contributed by atoms with E-state index < -0.39 is 27.9 Å². The molecule has 1 aliphatic heterocycles. The highest BCUT2D eigenvalue weighted by molar-refractivity contribution is 7.89. The molecule has 2 aromatic carbocycles. The molecule has 1 atom stereocenters. The lowest BCUT2D eigenvalue weighted by atomic mass is 10.0. The summed E-state index contributed by atoms with van der Waals surface area (Å²) in [5.41, 5.74) is 0.974. The normalized spacial score (nSPS) is 15.7. The second-order valence-corrected chi connectivity index (χ2v) is 10.5. The van der Waals surface area contributed by atoms with Crippen molar-refractivity contribution in [1.29, 1.82) is 0 Å². The molecule has 10 heteroatoms. The fourth-order valence-electron chi connectivity index (χ4n) is 3.85. The molecule has 1 N–H and O–H groups in total. The van der Waals surface area contributed by atoms with Gasteiger partial charge in [0, 0.05) is 37.4 Å². The minimum Gasteiger partial charge on any atom is -0.467 e. The van der Waals surface area contributed by atoms with Crippen LogP contribution in [-0.2, 0) is 19.6 Å². The molecule has 184 valence electrons. The fraction of sp³-hybridized carbons (Fsp3) is 0.417. The predicted octanol–water partition coefficient (Wildman–Crippen LogP) is 2.65. The first-order chi connectivity index (χ1) is 16.1. The van der Waals surface area contributed by atoms with E-state index >= 15 is 0 Å². The molecule has 0 radical (unpaired) electrons. The smallest absolute Gasteiger partial charge is 0.328 e. The summed E-state index contributed by atoms with van der Waals surface area (Å²) in [7, 11) is -2.57. The van der Waals surface area contributed by atoms with Crippen molar-refractivity contribution in [2.45, 2.75) is 31.2 Å². The molecule has 2 aromatic rings. The maximum Gasteiger partial charge on any atom is 0.328 e. The van der Waals surface area contributed by atoms with E-state index in [0.717, 1.165) is 5.69 Å². The summed E-state index contributed by atoms with van der Waals surface area (Å²) in [6.45, 7) is 5.28. The van der Waals surface area contributed by atoms with Crippen molar-refractivity contribution >= 4 is 27.6 Å². The monoisotopic (exact) mass is 491 g/mol. The SMILES string of the molecule is COC(=O)[C@@H](CC(C)C)NC(=O)c1cccc(S(=O)(=O)N2CCN(c3ccc(F)cc3)CC2)c1. The standard InChI is InChI=1S/C24H30FN3O5S/c1-17(2)15-22(24(30)33-3)26-23(29)18-5-4-6-21(16-18)34(31,32)28-13-11-27(12-14-28)20-9-7-19(25)8-10-20/h4-10,16-17,22H,11-15H2,1-3H3,(H,26,29)/t22-/m1/s1. The van der Waals surface area contributed by atoms with Gasteiger partial charge in [0.25, 0.3) is 5.91 Å². The van der Waals surface area contributed by atoms with Crippen LogP contribution in [0.2, 0.25) is 0 Å². The van der Waals surface area contributed by atoms with Gasteiger partial charge in [-0.05, 0) is 54.8 Å². The molecule has 0 aliphatic carbocycles. The maximum absolute atomic E-state index is 13.2. The lowest BCUT2D eigenvalue weighted by Crippen LogP contribution is -2.48. The molecule has 0 spiro atoms. The van der Waals surface area contributed by atoms with Gasteiger partial charge in [-0.15, -0.1) is 0 Å². The second-order valence-electron chi connectivity index (χ2n) is 8.57. The van der Waals surface area contributed by atoms with Gasteiger partial charge in [-0.3, -0.25) is 4.79 Å². The van der Waals surface area contributed by atoms with Gasteiger partial charge in [-0.2, -0.15) is 4.31 Å². The van der Waals surface area contributed by atoms with Crippen molar-refractivity contribution in [3.8, 4) is 0 Å². The summed E-state index contributed by atoms with van der Waals surface area (Å²) in [6.07, 6.45) is 0.398. The van der Waals surface area contributed by atoms with Crippen LogP contribution in [-0.4, -0.2) is 63.9 Å². The molecule has 3 rings (SSSR count). The first-order valence-electron chi connectivity index (χ1n) is 11.1. The molecule has 8 nitrogen and oxygen atoms in total. The summed E-state index contributed by atoms with van der Waals surface area (Å²) >= 11 is 0. The van der Waals surface area contributed by atoms with E-state index in [-0.39, 0.29) is 35.3 Å². The number of sulfonamides is 1. The van der Waals surface area contributed by atoms with Crippen LogP contribution in [0.15, 0.2) is 53.4 Å². The van der Waals surface area contributed by atoms with Crippen molar-refractivity contribution in [2.24, 2.45) is 5.92 Å². The van der Waals surface area contributed by atoms with Crippen molar-refractivity contribution in [1.82, 2.24) is 9.62 Å². The van der Waals surface area contributed by atoms with Gasteiger partial charge in [0.2, 0.25) is 10.0 Å². The summed E-state index contributed by atoms with van der Waals surface area (Å²) in [4.78, 5) is 26.8. The molecule has 0 unspecified atom stereocenters. The Bertz CT molecular complexity index is 1110. The molecule has 1 heterocycles. The van der Waals surface area contributed by atoms with Crippen LogP contribution in [0.25, 0.3) is 0 Å². The largest absolute Gasteiger partial charge is 0.467 e. The number of halogens is 1. The number of nitrogens with one attached hydrogen (secondary N) is 1. The third-order valence-electron chi connectivity index (χ3n) is 5.66. The van der Waals surface area contributed by atoms with Crippen molar-refractivity contribution in [3.63, 3.8) is 0 Å². The number of benzene rings is 2. The summed E-state index contributed by atoms with van der Waals surface area (Å²) in [5.74, 6) is -1.28. The summed E-state index contributed by atoms with van der Waals surface area (Å²) in [5, 5.41) is 2.65. The molecule has 1 fully saturated rings. The van der Waals surface area contributed by atoms with Crippen LogP contribution in [0.3, 0.4) is 0 Å². The Hall–Kier alpha value is -2.98. The average Bonchev–Trinajstić information content (AvgIpc) is 2.83. The zero-order chi connectivity index (χ0) is 24.9. The van der Waals surface area contributed by atoms with Crippen LogP contribution in [0.4, 0.5) is 10.1 Å². The number of rotatable bonds is 8. The lowest BCUT2D eigenvalue weighted by molar-refractivity contribution is -0.143. The highest BCUT2D eigenvalue weighted by Crippen LogP contribution is 2.22. The van der Waals surface area contributed by atoms with E-state index in [9.17, 15) is 22.4 Å². The molecule has 1 saturated heterocycles. The van der Waals surface area contributed by atoms with Crippen molar-refractivity contribution in [2.75, 3.05) is 38.2 Å². The first kappa shape index (κ1) is 25.6. The zero-order valence-corrected chi connectivity index (χ0v) is 20.3. The van der Waals surface area contributed by atoms with Gasteiger partial charge in [0.15, 0.2) is 0 Å². The Balaban J connectivity index is 1.71. The van der Waals surface area contributed by atoms with E-state index in [2.05, 4.69) is 5.32 Å². The number of hydrogen-bond donors (Lipinski definition) is 1. The number of esters is 1. The molecular formula is C24H30FN3O5S. The number of methoxy groups -OCH3 is 1. The van der Waals surface area contributed by atoms with Crippen molar-refractivity contribution in [3.05, 3.63) is 59.9 Å². The van der Waals surface area contributed by atoms with E-state index in [1.54, 1.807) is 12.1 Å². The Morgan fingerprint density at radius 3 is 2.29 bits per heavy atom. The quantitative estimate of drug-likeness (QED) is 0.571. The number of anilines is 1. The number of nitrogens with zero attached hydrogens (tertiary/aromatic N) is 2. The summed E-state index contributed by atoms with van der Waals surface area (Å²) in [6, 6.07) is 11.0.